The molecule has 1 aliphatic carbocycles. The first kappa shape index (κ1) is 14.7. The van der Waals surface area contributed by atoms with E-state index in [9.17, 15) is 4.79 Å². The minimum Gasteiger partial charge on any atom is -0.442 e. The number of hydrogen-bond donors (Lipinski definition) is 2. The summed E-state index contributed by atoms with van der Waals surface area (Å²) in [5, 5.41) is 10.5. The van der Waals surface area contributed by atoms with Crippen LogP contribution in [0.25, 0.3) is 11.1 Å². The number of nitrogens with one attached hydrogen (secondary N) is 2. The second-order valence-electron chi connectivity index (χ2n) is 6.40. The highest BCUT2D eigenvalue weighted by atomic mass is 16.5. The summed E-state index contributed by atoms with van der Waals surface area (Å²) in [5.74, 6) is 1.72. The summed E-state index contributed by atoms with van der Waals surface area (Å²) in [4.78, 5) is 21.2. The third kappa shape index (κ3) is 2.49. The van der Waals surface area contributed by atoms with Crippen molar-refractivity contribution in [2.75, 3.05) is 10.6 Å². The first-order valence-electron chi connectivity index (χ1n) is 7.72. The van der Waals surface area contributed by atoms with E-state index in [4.69, 9.17) is 8.94 Å². The van der Waals surface area contributed by atoms with Gasteiger partial charge in [-0.1, -0.05) is 5.16 Å². The van der Waals surface area contributed by atoms with Gasteiger partial charge in [0.1, 0.15) is 23.7 Å². The lowest BCUT2D eigenvalue weighted by Gasteiger charge is -2.12. The number of rotatable bonds is 4. The largest absolute Gasteiger partial charge is 0.442 e. The van der Waals surface area contributed by atoms with Gasteiger partial charge in [-0.2, -0.15) is 0 Å². The van der Waals surface area contributed by atoms with Crippen LogP contribution in [0.5, 0.6) is 0 Å². The zero-order valence-corrected chi connectivity index (χ0v) is 13.6. The minimum atomic E-state index is -0.335. The molecule has 124 valence electrons. The summed E-state index contributed by atoms with van der Waals surface area (Å²) in [6, 6.07) is 1.65. The van der Waals surface area contributed by atoms with E-state index >= 15 is 0 Å². The Bertz CT molecular complexity index is 938. The molecule has 1 saturated carbocycles. The number of fused-ring (bicyclic) bond motifs is 1. The molecule has 3 aromatic heterocycles. The predicted octanol–water partition coefficient (Wildman–Crippen LogP) is 3.04. The van der Waals surface area contributed by atoms with Gasteiger partial charge in [0.2, 0.25) is 5.71 Å². The van der Waals surface area contributed by atoms with Crippen molar-refractivity contribution < 1.29 is 13.7 Å². The summed E-state index contributed by atoms with van der Waals surface area (Å²) in [6.07, 6.45) is 3.56. The monoisotopic (exact) mass is 327 g/mol. The Morgan fingerprint density at radius 1 is 1.29 bits per heavy atom. The smallest absolute Gasteiger partial charge is 0.261 e. The molecule has 0 bridgehead atoms. The number of amides is 1. The third-order valence-electron chi connectivity index (χ3n) is 4.18. The fourth-order valence-corrected chi connectivity index (χ4v) is 2.61. The van der Waals surface area contributed by atoms with Gasteiger partial charge in [0.15, 0.2) is 5.82 Å². The lowest BCUT2D eigenvalue weighted by molar-refractivity contribution is 0.102. The van der Waals surface area contributed by atoms with Crippen LogP contribution in [0.3, 0.4) is 0 Å². The number of hydrogen-bond acceptors (Lipinski definition) is 7. The van der Waals surface area contributed by atoms with Crippen LogP contribution in [0.1, 0.15) is 41.6 Å². The fraction of sp³-hybridized carbons (Fsp3) is 0.375. The van der Waals surface area contributed by atoms with E-state index in [0.717, 1.165) is 12.8 Å². The summed E-state index contributed by atoms with van der Waals surface area (Å²) in [7, 11) is 0. The molecule has 1 aliphatic rings. The Morgan fingerprint density at radius 3 is 2.75 bits per heavy atom. The zero-order valence-electron chi connectivity index (χ0n) is 13.6. The highest BCUT2D eigenvalue weighted by Gasteiger charge is 2.38. The van der Waals surface area contributed by atoms with Crippen molar-refractivity contribution in [3.05, 3.63) is 29.5 Å². The predicted molar refractivity (Wildman–Crippen MR) is 87.0 cm³/mol. The van der Waals surface area contributed by atoms with Crippen molar-refractivity contribution in [3.63, 3.8) is 0 Å². The van der Waals surface area contributed by atoms with Gasteiger partial charge in [0.05, 0.1) is 10.9 Å². The molecule has 24 heavy (non-hydrogen) atoms. The first-order valence-corrected chi connectivity index (χ1v) is 7.72. The lowest BCUT2D eigenvalue weighted by atomic mass is 10.1. The molecule has 3 heterocycles. The second kappa shape index (κ2) is 5.05. The van der Waals surface area contributed by atoms with Gasteiger partial charge in [0.25, 0.3) is 5.91 Å². The van der Waals surface area contributed by atoms with Crippen molar-refractivity contribution in [2.45, 2.75) is 39.2 Å². The van der Waals surface area contributed by atoms with Gasteiger partial charge < -0.3 is 19.6 Å². The first-order chi connectivity index (χ1) is 11.5. The Morgan fingerprint density at radius 2 is 2.08 bits per heavy atom. The topological polar surface area (TPSA) is 106 Å². The Labute approximate surface area is 137 Å². The Balaban J connectivity index is 1.76. The normalized spacial score (nSPS) is 15.5. The van der Waals surface area contributed by atoms with Gasteiger partial charge in [-0.15, -0.1) is 0 Å². The average molecular weight is 327 g/mol. The van der Waals surface area contributed by atoms with E-state index in [-0.39, 0.29) is 11.4 Å². The van der Waals surface area contributed by atoms with E-state index in [1.807, 2.05) is 0 Å². The maximum atomic E-state index is 12.7. The zero-order chi connectivity index (χ0) is 16.9. The van der Waals surface area contributed by atoms with E-state index in [2.05, 4.69) is 32.7 Å². The highest BCUT2D eigenvalue weighted by molar-refractivity contribution is 6.15. The van der Waals surface area contributed by atoms with Gasteiger partial charge >= 0.3 is 0 Å². The van der Waals surface area contributed by atoms with Crippen molar-refractivity contribution >= 4 is 28.6 Å². The number of aromatic nitrogens is 3. The molecular weight excluding hydrogens is 310 g/mol. The van der Waals surface area contributed by atoms with Crippen molar-refractivity contribution in [3.8, 4) is 0 Å². The van der Waals surface area contributed by atoms with E-state index < -0.39 is 0 Å². The van der Waals surface area contributed by atoms with Crippen molar-refractivity contribution in [1.29, 1.82) is 0 Å². The molecule has 2 N–H and O–H groups in total. The van der Waals surface area contributed by atoms with Crippen LogP contribution in [0.4, 0.5) is 11.6 Å². The third-order valence-corrected chi connectivity index (χ3v) is 4.18. The summed E-state index contributed by atoms with van der Waals surface area (Å²) in [6.45, 7) is 5.60. The number of nitrogens with zero attached hydrogens (tertiary/aromatic N) is 3. The molecule has 1 amide bonds. The summed E-state index contributed by atoms with van der Waals surface area (Å²) in [5.41, 5.74) is 0.803. The molecule has 8 heteroatoms. The maximum Gasteiger partial charge on any atom is 0.261 e. The highest BCUT2D eigenvalue weighted by Crippen LogP contribution is 2.40. The van der Waals surface area contributed by atoms with Gasteiger partial charge in [-0.25, -0.2) is 9.97 Å². The number of carbonyl (C=O) groups is 1. The van der Waals surface area contributed by atoms with Crippen LogP contribution >= 0.6 is 0 Å². The summed E-state index contributed by atoms with van der Waals surface area (Å²) < 4.78 is 10.6. The Hall–Kier alpha value is -2.90. The average Bonchev–Trinajstić information content (AvgIpc) is 2.94. The molecule has 0 spiro atoms. The maximum absolute atomic E-state index is 12.7. The van der Waals surface area contributed by atoms with Crippen LogP contribution < -0.4 is 10.6 Å². The van der Waals surface area contributed by atoms with Crippen molar-refractivity contribution in [1.82, 2.24) is 15.1 Å². The van der Waals surface area contributed by atoms with Crippen LogP contribution in [0.2, 0.25) is 0 Å². The molecular formula is C16H17N5O3. The molecule has 0 aromatic carbocycles. The number of furan rings is 1. The minimum absolute atomic E-state index is 0.0173. The quantitative estimate of drug-likeness (QED) is 0.758. The van der Waals surface area contributed by atoms with Crippen LogP contribution in [-0.2, 0) is 0 Å². The molecule has 3 aromatic rings. The fourth-order valence-electron chi connectivity index (χ4n) is 2.61. The molecule has 1 fully saturated rings. The molecule has 0 radical (unpaired) electrons. The lowest BCUT2D eigenvalue weighted by Crippen LogP contribution is -2.18. The molecule has 0 saturated heterocycles. The molecule has 0 unspecified atom stereocenters. The van der Waals surface area contributed by atoms with Crippen LogP contribution in [-0.4, -0.2) is 26.6 Å². The molecule has 0 aliphatic heterocycles. The van der Waals surface area contributed by atoms with Crippen LogP contribution in [0, 0.1) is 13.8 Å². The molecule has 8 nitrogen and oxygen atoms in total. The SMILES string of the molecule is Cc1cc(NC(=O)c2c(C)oc3ncnc(NC4(C)CC4)c23)no1. The van der Waals surface area contributed by atoms with E-state index in [1.54, 1.807) is 19.9 Å². The summed E-state index contributed by atoms with van der Waals surface area (Å²) >= 11 is 0. The number of aryl methyl sites for hydroxylation is 2. The van der Waals surface area contributed by atoms with Gasteiger partial charge in [0, 0.05) is 11.6 Å². The molecule has 4 rings (SSSR count). The van der Waals surface area contributed by atoms with E-state index in [1.165, 1.54) is 6.33 Å². The molecule has 0 atom stereocenters. The van der Waals surface area contributed by atoms with Gasteiger partial charge in [-0.3, -0.25) is 4.79 Å². The Kier molecular flexibility index (Phi) is 3.09. The van der Waals surface area contributed by atoms with Crippen molar-refractivity contribution in [2.24, 2.45) is 0 Å². The number of anilines is 2. The second-order valence-corrected chi connectivity index (χ2v) is 6.40. The van der Waals surface area contributed by atoms with Crippen LogP contribution in [0.15, 0.2) is 21.3 Å². The number of carbonyl (C=O) groups excluding carboxylic acids is 1. The standard InChI is InChI=1S/C16H17N5O3/c1-8-6-10(21-24-8)19-14(22)11-9(2)23-15-12(11)13(17-7-18-15)20-16(3)4-5-16/h6-7H,4-5H2,1-3H3,(H,17,18,20)(H,19,21,22). The van der Waals surface area contributed by atoms with E-state index in [0.29, 0.717) is 39.8 Å². The van der Waals surface area contributed by atoms with Gasteiger partial charge in [-0.05, 0) is 33.6 Å².